The Morgan fingerprint density at radius 3 is 2.45 bits per heavy atom. The van der Waals surface area contributed by atoms with E-state index in [2.05, 4.69) is 51.0 Å². The zero-order valence-electron chi connectivity index (χ0n) is 13.6. The van der Waals surface area contributed by atoms with Gasteiger partial charge in [-0.2, -0.15) is 0 Å². The van der Waals surface area contributed by atoms with Gasteiger partial charge in [0.15, 0.2) is 0 Å². The maximum Gasteiger partial charge on any atom is 0.133 e. The molecule has 1 heterocycles. The van der Waals surface area contributed by atoms with Crippen LogP contribution in [0.1, 0.15) is 70.8 Å². The summed E-state index contributed by atoms with van der Waals surface area (Å²) in [6, 6.07) is 2.65. The molecule has 0 radical (unpaired) electrons. The Morgan fingerprint density at radius 1 is 1.10 bits per heavy atom. The Labute approximate surface area is 123 Å². The van der Waals surface area contributed by atoms with Crippen LogP contribution in [0.25, 0.3) is 0 Å². The number of nitrogens with zero attached hydrogens (tertiary/aromatic N) is 2. The number of anilines is 1. The van der Waals surface area contributed by atoms with Crippen LogP contribution in [0.5, 0.6) is 0 Å². The van der Waals surface area contributed by atoms with Gasteiger partial charge < -0.3 is 5.32 Å². The second-order valence-electron chi connectivity index (χ2n) is 6.85. The molecule has 1 saturated carbocycles. The molecule has 1 aliphatic carbocycles. The minimum Gasteiger partial charge on any atom is -0.367 e. The van der Waals surface area contributed by atoms with Crippen molar-refractivity contribution in [1.29, 1.82) is 0 Å². The lowest BCUT2D eigenvalue weighted by atomic mass is 9.78. The normalized spacial score (nSPS) is 23.4. The van der Waals surface area contributed by atoms with Crippen LogP contribution in [0.2, 0.25) is 0 Å². The number of aryl methyl sites for hydroxylation is 1. The minimum atomic E-state index is 0.378. The molecule has 3 heteroatoms. The van der Waals surface area contributed by atoms with E-state index in [1.165, 1.54) is 25.7 Å². The zero-order valence-corrected chi connectivity index (χ0v) is 13.6. The molecule has 20 heavy (non-hydrogen) atoms. The molecule has 0 saturated heterocycles. The quantitative estimate of drug-likeness (QED) is 0.877. The highest BCUT2D eigenvalue weighted by atomic mass is 15.1. The molecule has 0 bridgehead atoms. The number of hydrogen-bond acceptors (Lipinski definition) is 3. The first-order valence-electron chi connectivity index (χ1n) is 8.09. The van der Waals surface area contributed by atoms with E-state index in [1.807, 2.05) is 0 Å². The molecule has 1 fully saturated rings. The van der Waals surface area contributed by atoms with Gasteiger partial charge in [-0.3, -0.25) is 0 Å². The summed E-state index contributed by atoms with van der Waals surface area (Å²) < 4.78 is 0. The van der Waals surface area contributed by atoms with E-state index in [-0.39, 0.29) is 0 Å². The summed E-state index contributed by atoms with van der Waals surface area (Å²) in [5, 5.41) is 3.70. The second kappa shape index (κ2) is 6.55. The number of hydrogen-bond donors (Lipinski definition) is 1. The summed E-state index contributed by atoms with van der Waals surface area (Å²) in [5.74, 6) is 3.84. The van der Waals surface area contributed by atoms with E-state index in [0.717, 1.165) is 29.2 Å². The predicted octanol–water partition coefficient (Wildman–Crippen LogP) is 4.54. The van der Waals surface area contributed by atoms with E-state index < -0.39 is 0 Å². The van der Waals surface area contributed by atoms with E-state index in [9.17, 15) is 0 Å². The molecule has 1 aromatic heterocycles. The fourth-order valence-corrected chi connectivity index (χ4v) is 3.25. The van der Waals surface area contributed by atoms with Crippen LogP contribution in [0, 0.1) is 18.8 Å². The molecule has 2 unspecified atom stereocenters. The maximum absolute atomic E-state index is 4.70. The lowest BCUT2D eigenvalue weighted by molar-refractivity contribution is 0.253. The summed E-state index contributed by atoms with van der Waals surface area (Å²) in [5.41, 5.74) is 1.06. The molecule has 1 aliphatic rings. The molecule has 0 aromatic carbocycles. The van der Waals surface area contributed by atoms with Crippen LogP contribution in [-0.2, 0) is 0 Å². The molecule has 1 N–H and O–H groups in total. The Balaban J connectivity index is 2.15. The highest BCUT2D eigenvalue weighted by Gasteiger charge is 2.27. The van der Waals surface area contributed by atoms with Crippen molar-refractivity contribution in [2.75, 3.05) is 5.32 Å². The molecule has 112 valence electrons. The minimum absolute atomic E-state index is 0.378. The summed E-state index contributed by atoms with van der Waals surface area (Å²) in [7, 11) is 0. The van der Waals surface area contributed by atoms with Crippen molar-refractivity contribution in [1.82, 2.24) is 9.97 Å². The lowest BCUT2D eigenvalue weighted by Crippen LogP contribution is -2.35. The van der Waals surface area contributed by atoms with Gasteiger partial charge in [0.25, 0.3) is 0 Å². The number of aromatic nitrogens is 2. The Kier molecular flexibility index (Phi) is 5.00. The van der Waals surface area contributed by atoms with Crippen LogP contribution >= 0.6 is 0 Å². The SMILES string of the molecule is Cc1cc(NC2CCCCC2C(C)C)nc(C(C)C)n1. The van der Waals surface area contributed by atoms with Crippen LogP contribution in [-0.4, -0.2) is 16.0 Å². The van der Waals surface area contributed by atoms with Gasteiger partial charge in [-0.1, -0.05) is 40.5 Å². The molecule has 2 atom stereocenters. The van der Waals surface area contributed by atoms with Crippen molar-refractivity contribution < 1.29 is 0 Å². The second-order valence-corrected chi connectivity index (χ2v) is 6.85. The van der Waals surface area contributed by atoms with E-state index in [4.69, 9.17) is 4.98 Å². The van der Waals surface area contributed by atoms with Gasteiger partial charge in [0.2, 0.25) is 0 Å². The highest BCUT2D eigenvalue weighted by molar-refractivity contribution is 5.37. The summed E-state index contributed by atoms with van der Waals surface area (Å²) >= 11 is 0. The van der Waals surface area contributed by atoms with Crippen LogP contribution in [0.15, 0.2) is 6.07 Å². The van der Waals surface area contributed by atoms with Crippen LogP contribution in [0.3, 0.4) is 0 Å². The van der Waals surface area contributed by atoms with Crippen LogP contribution < -0.4 is 5.32 Å². The lowest BCUT2D eigenvalue weighted by Gasteiger charge is -2.35. The van der Waals surface area contributed by atoms with Crippen molar-refractivity contribution in [2.24, 2.45) is 11.8 Å². The fraction of sp³-hybridized carbons (Fsp3) is 0.765. The third-order valence-corrected chi connectivity index (χ3v) is 4.40. The van der Waals surface area contributed by atoms with E-state index >= 15 is 0 Å². The van der Waals surface area contributed by atoms with E-state index in [0.29, 0.717) is 12.0 Å². The summed E-state index contributed by atoms with van der Waals surface area (Å²) in [6.45, 7) is 11.0. The first kappa shape index (κ1) is 15.3. The maximum atomic E-state index is 4.70. The van der Waals surface area contributed by atoms with Crippen molar-refractivity contribution in [2.45, 2.75) is 72.3 Å². The topological polar surface area (TPSA) is 37.8 Å². The van der Waals surface area contributed by atoms with Crippen LogP contribution in [0.4, 0.5) is 5.82 Å². The third-order valence-electron chi connectivity index (χ3n) is 4.40. The number of rotatable bonds is 4. The van der Waals surface area contributed by atoms with Gasteiger partial charge in [-0.05, 0) is 31.6 Å². The molecule has 0 spiro atoms. The average Bonchev–Trinajstić information content (AvgIpc) is 2.38. The third kappa shape index (κ3) is 3.71. The smallest absolute Gasteiger partial charge is 0.133 e. The molecular weight excluding hydrogens is 246 g/mol. The van der Waals surface area contributed by atoms with Gasteiger partial charge in [-0.15, -0.1) is 0 Å². The van der Waals surface area contributed by atoms with Crippen molar-refractivity contribution >= 4 is 5.82 Å². The molecule has 2 rings (SSSR count). The van der Waals surface area contributed by atoms with Crippen molar-refractivity contribution in [3.8, 4) is 0 Å². The molecule has 0 aliphatic heterocycles. The Bertz CT molecular complexity index is 440. The first-order chi connectivity index (χ1) is 9.47. The zero-order chi connectivity index (χ0) is 14.7. The standard InChI is InChI=1S/C17H29N3/c1-11(2)14-8-6-7-9-15(14)19-16-10-13(5)18-17(20-16)12(3)4/h10-12,14-15H,6-9H2,1-5H3,(H,18,19,20). The fourth-order valence-electron chi connectivity index (χ4n) is 3.25. The predicted molar refractivity (Wildman–Crippen MR) is 85.1 cm³/mol. The number of nitrogens with one attached hydrogen (secondary N) is 1. The van der Waals surface area contributed by atoms with E-state index in [1.54, 1.807) is 0 Å². The molecule has 3 nitrogen and oxygen atoms in total. The van der Waals surface area contributed by atoms with Crippen molar-refractivity contribution in [3.05, 3.63) is 17.6 Å². The summed E-state index contributed by atoms with van der Waals surface area (Å²) in [4.78, 5) is 9.23. The van der Waals surface area contributed by atoms with Gasteiger partial charge in [0.05, 0.1) is 0 Å². The highest BCUT2D eigenvalue weighted by Crippen LogP contribution is 2.32. The Hall–Kier alpha value is -1.12. The molecular formula is C17H29N3. The Morgan fingerprint density at radius 2 is 1.80 bits per heavy atom. The largest absolute Gasteiger partial charge is 0.367 e. The van der Waals surface area contributed by atoms with Gasteiger partial charge in [-0.25, -0.2) is 9.97 Å². The first-order valence-corrected chi connectivity index (χ1v) is 8.09. The molecule has 0 amide bonds. The van der Waals surface area contributed by atoms with Gasteiger partial charge in [0.1, 0.15) is 11.6 Å². The summed E-state index contributed by atoms with van der Waals surface area (Å²) in [6.07, 6.45) is 5.32. The molecule has 1 aromatic rings. The monoisotopic (exact) mass is 275 g/mol. The van der Waals surface area contributed by atoms with Gasteiger partial charge >= 0.3 is 0 Å². The average molecular weight is 275 g/mol. The van der Waals surface area contributed by atoms with Crippen molar-refractivity contribution in [3.63, 3.8) is 0 Å². The van der Waals surface area contributed by atoms with Gasteiger partial charge in [0, 0.05) is 23.7 Å².